The lowest BCUT2D eigenvalue weighted by Crippen LogP contribution is -2.25. The summed E-state index contributed by atoms with van der Waals surface area (Å²) in [5, 5.41) is 3.41. The Morgan fingerprint density at radius 2 is 2.09 bits per heavy atom. The summed E-state index contributed by atoms with van der Waals surface area (Å²) in [7, 11) is 0. The molecule has 32 heavy (non-hydrogen) atoms. The zero-order valence-corrected chi connectivity index (χ0v) is 19.5. The van der Waals surface area contributed by atoms with Crippen molar-refractivity contribution in [2.24, 2.45) is 0 Å². The molecule has 0 aliphatic heterocycles. The first-order valence-corrected chi connectivity index (χ1v) is 11.2. The lowest BCUT2D eigenvalue weighted by molar-refractivity contribution is -0.120. The molecule has 0 saturated carbocycles. The minimum absolute atomic E-state index is 0.00271. The van der Waals surface area contributed by atoms with Crippen LogP contribution < -0.4 is 5.32 Å². The smallest absolute Gasteiger partial charge is 0.271 e. The minimum atomic E-state index is -0.532. The number of rotatable bonds is 9. The third-order valence-corrected chi connectivity index (χ3v) is 5.83. The van der Waals surface area contributed by atoms with Crippen molar-refractivity contribution in [3.63, 3.8) is 0 Å². The van der Waals surface area contributed by atoms with Gasteiger partial charge in [0, 0.05) is 23.1 Å². The molecule has 2 heterocycles. The fraction of sp³-hybridized carbons (Fsp3) is 0.304. The van der Waals surface area contributed by atoms with Crippen molar-refractivity contribution in [1.29, 1.82) is 0 Å². The Kier molecular flexibility index (Phi) is 8.06. The number of nitrogens with one attached hydrogen (secondary N) is 1. The fourth-order valence-electron chi connectivity index (χ4n) is 3.08. The number of amides is 1. The molecule has 3 aromatic rings. The summed E-state index contributed by atoms with van der Waals surface area (Å²) >= 11 is 7.19. The zero-order chi connectivity index (χ0) is 23.3. The topological polar surface area (TPSA) is 81.2 Å². The molecule has 0 spiro atoms. The molecule has 0 bridgehead atoms. The third-order valence-electron chi connectivity index (χ3n) is 4.52. The number of hydrogen-bond acceptors (Lipinski definition) is 6. The molecule has 1 atom stereocenters. The number of hydrogen-bond donors (Lipinski definition) is 1. The fourth-order valence-corrected chi connectivity index (χ4v) is 4.16. The standard InChI is InChI=1S/C23H23ClFN3O3S/c1-13(2)31-18(12-29)9-15-6-7-26-17(8-15)11-27-22(30)21-14(3)32-23(28-21)16-4-5-20(25)19(24)10-16/h4-8,10,12-13,18H,9,11H2,1-3H3,(H,27,30). The number of aldehydes is 1. The number of pyridine rings is 1. The second-order valence-electron chi connectivity index (χ2n) is 7.45. The summed E-state index contributed by atoms with van der Waals surface area (Å²) in [6, 6.07) is 7.98. The van der Waals surface area contributed by atoms with Crippen LogP contribution in [-0.2, 0) is 22.5 Å². The number of ether oxygens (including phenoxy) is 1. The summed E-state index contributed by atoms with van der Waals surface area (Å²) < 4.78 is 19.0. The van der Waals surface area contributed by atoms with Gasteiger partial charge in [0.2, 0.25) is 0 Å². The molecule has 0 aliphatic carbocycles. The normalized spacial score (nSPS) is 12.1. The first-order valence-electron chi connectivity index (χ1n) is 10.0. The van der Waals surface area contributed by atoms with E-state index in [2.05, 4.69) is 15.3 Å². The van der Waals surface area contributed by atoms with E-state index >= 15 is 0 Å². The van der Waals surface area contributed by atoms with E-state index in [0.29, 0.717) is 28.4 Å². The molecule has 9 heteroatoms. The van der Waals surface area contributed by atoms with Gasteiger partial charge in [0.05, 0.1) is 23.4 Å². The Balaban J connectivity index is 1.66. The largest absolute Gasteiger partial charge is 0.368 e. The van der Waals surface area contributed by atoms with Crippen LogP contribution in [0.2, 0.25) is 5.02 Å². The van der Waals surface area contributed by atoms with Gasteiger partial charge >= 0.3 is 0 Å². The number of carbonyl (C=O) groups is 2. The number of thiazole rings is 1. The molecular weight excluding hydrogens is 453 g/mol. The van der Waals surface area contributed by atoms with E-state index < -0.39 is 11.9 Å². The Hall–Kier alpha value is -2.68. The predicted molar refractivity (Wildman–Crippen MR) is 122 cm³/mol. The number of carbonyl (C=O) groups excluding carboxylic acids is 2. The van der Waals surface area contributed by atoms with Gasteiger partial charge in [0.25, 0.3) is 5.91 Å². The molecule has 6 nitrogen and oxygen atoms in total. The van der Waals surface area contributed by atoms with Gasteiger partial charge in [0.1, 0.15) is 28.9 Å². The molecule has 3 rings (SSSR count). The summed E-state index contributed by atoms with van der Waals surface area (Å²) in [6.07, 6.45) is 2.27. The minimum Gasteiger partial charge on any atom is -0.368 e. The zero-order valence-electron chi connectivity index (χ0n) is 17.9. The number of halogens is 2. The molecule has 1 amide bonds. The molecule has 0 saturated heterocycles. The molecule has 1 unspecified atom stereocenters. The Labute approximate surface area is 194 Å². The maximum atomic E-state index is 13.4. The van der Waals surface area contributed by atoms with Crippen LogP contribution >= 0.6 is 22.9 Å². The molecule has 0 radical (unpaired) electrons. The van der Waals surface area contributed by atoms with Crippen LogP contribution in [0.1, 0.15) is 40.5 Å². The van der Waals surface area contributed by atoms with Crippen LogP contribution in [0.25, 0.3) is 10.6 Å². The first-order chi connectivity index (χ1) is 15.3. The van der Waals surface area contributed by atoms with Crippen LogP contribution in [0.3, 0.4) is 0 Å². The highest BCUT2D eigenvalue weighted by Crippen LogP contribution is 2.30. The van der Waals surface area contributed by atoms with Gasteiger partial charge in [-0.1, -0.05) is 11.6 Å². The summed E-state index contributed by atoms with van der Waals surface area (Å²) in [4.78, 5) is 33.4. The van der Waals surface area contributed by atoms with Gasteiger partial charge in [-0.15, -0.1) is 11.3 Å². The average molecular weight is 476 g/mol. The molecule has 1 N–H and O–H groups in total. The van der Waals surface area contributed by atoms with Crippen molar-refractivity contribution in [2.75, 3.05) is 0 Å². The van der Waals surface area contributed by atoms with Crippen molar-refractivity contribution < 1.29 is 18.7 Å². The van der Waals surface area contributed by atoms with Crippen LogP contribution in [0.4, 0.5) is 4.39 Å². The van der Waals surface area contributed by atoms with Crippen molar-refractivity contribution in [3.05, 3.63) is 69.2 Å². The Morgan fingerprint density at radius 3 is 2.78 bits per heavy atom. The highest BCUT2D eigenvalue weighted by atomic mass is 35.5. The molecule has 1 aromatic carbocycles. The van der Waals surface area contributed by atoms with E-state index in [-0.39, 0.29) is 23.6 Å². The Bertz CT molecular complexity index is 1120. The van der Waals surface area contributed by atoms with E-state index in [1.54, 1.807) is 19.2 Å². The van der Waals surface area contributed by atoms with Gasteiger partial charge in [-0.3, -0.25) is 9.78 Å². The van der Waals surface area contributed by atoms with E-state index in [4.69, 9.17) is 16.3 Å². The quantitative estimate of drug-likeness (QED) is 0.451. The van der Waals surface area contributed by atoms with Crippen LogP contribution in [0, 0.1) is 12.7 Å². The van der Waals surface area contributed by atoms with Crippen molar-refractivity contribution in [2.45, 2.75) is 45.9 Å². The summed E-state index contributed by atoms with van der Waals surface area (Å²) in [5.41, 5.74) is 2.49. The van der Waals surface area contributed by atoms with Crippen LogP contribution in [-0.4, -0.2) is 34.4 Å². The number of nitrogens with zero attached hydrogens (tertiary/aromatic N) is 2. The second-order valence-corrected chi connectivity index (χ2v) is 9.06. The highest BCUT2D eigenvalue weighted by molar-refractivity contribution is 7.15. The lowest BCUT2D eigenvalue weighted by Gasteiger charge is -2.15. The number of benzene rings is 1. The number of aryl methyl sites for hydroxylation is 1. The molecule has 2 aromatic heterocycles. The number of aromatic nitrogens is 2. The van der Waals surface area contributed by atoms with Crippen LogP contribution in [0.15, 0.2) is 36.5 Å². The lowest BCUT2D eigenvalue weighted by atomic mass is 10.1. The molecule has 168 valence electrons. The first kappa shape index (κ1) is 24.0. The maximum Gasteiger partial charge on any atom is 0.271 e. The van der Waals surface area contributed by atoms with E-state index in [0.717, 1.165) is 16.7 Å². The summed E-state index contributed by atoms with van der Waals surface area (Å²) in [5.74, 6) is -0.842. The molecular formula is C23H23ClFN3O3S. The maximum absolute atomic E-state index is 13.4. The molecule has 0 aliphatic rings. The second kappa shape index (κ2) is 10.8. The van der Waals surface area contributed by atoms with E-state index in [9.17, 15) is 14.0 Å². The third kappa shape index (κ3) is 6.18. The Morgan fingerprint density at radius 1 is 1.31 bits per heavy atom. The monoisotopic (exact) mass is 475 g/mol. The summed E-state index contributed by atoms with van der Waals surface area (Å²) in [6.45, 7) is 5.76. The van der Waals surface area contributed by atoms with E-state index in [1.807, 2.05) is 26.0 Å². The van der Waals surface area contributed by atoms with Gasteiger partial charge in [-0.25, -0.2) is 9.37 Å². The van der Waals surface area contributed by atoms with Gasteiger partial charge < -0.3 is 14.8 Å². The van der Waals surface area contributed by atoms with Crippen LogP contribution in [0.5, 0.6) is 0 Å². The average Bonchev–Trinajstić information content (AvgIpc) is 3.15. The van der Waals surface area contributed by atoms with Crippen molar-refractivity contribution >= 4 is 35.1 Å². The van der Waals surface area contributed by atoms with Crippen molar-refractivity contribution in [3.8, 4) is 10.6 Å². The van der Waals surface area contributed by atoms with Gasteiger partial charge in [-0.2, -0.15) is 0 Å². The van der Waals surface area contributed by atoms with E-state index in [1.165, 1.54) is 23.5 Å². The predicted octanol–water partition coefficient (Wildman–Crippen LogP) is 4.77. The molecule has 0 fully saturated rings. The highest BCUT2D eigenvalue weighted by Gasteiger charge is 2.17. The van der Waals surface area contributed by atoms with Gasteiger partial charge in [-0.05, 0) is 56.7 Å². The van der Waals surface area contributed by atoms with Gasteiger partial charge in [0.15, 0.2) is 0 Å². The SMILES string of the molecule is Cc1sc(-c2ccc(F)c(Cl)c2)nc1C(=O)NCc1cc(CC(C=O)OC(C)C)ccn1. The van der Waals surface area contributed by atoms with Crippen molar-refractivity contribution in [1.82, 2.24) is 15.3 Å².